The first-order valence-corrected chi connectivity index (χ1v) is 9.09. The lowest BCUT2D eigenvalue weighted by atomic mass is 9.85. The van der Waals surface area contributed by atoms with Crippen molar-refractivity contribution in [1.82, 2.24) is 0 Å². The van der Waals surface area contributed by atoms with Crippen molar-refractivity contribution in [3.8, 4) is 0 Å². The summed E-state index contributed by atoms with van der Waals surface area (Å²) in [5, 5.41) is 0. The largest absolute Gasteiger partial charge is 0.402 e. The summed E-state index contributed by atoms with van der Waals surface area (Å²) in [6, 6.07) is 4.65. The minimum Gasteiger partial charge on any atom is -0.402 e. The van der Waals surface area contributed by atoms with Crippen LogP contribution in [0.25, 0.3) is 0 Å². The molecule has 2 heteroatoms. The molecule has 0 saturated heterocycles. The van der Waals surface area contributed by atoms with Gasteiger partial charge in [0.2, 0.25) is 0 Å². The van der Waals surface area contributed by atoms with Crippen LogP contribution in [0.15, 0.2) is 24.4 Å². The summed E-state index contributed by atoms with van der Waals surface area (Å²) < 4.78 is 6.14. The molecule has 0 atom stereocenters. The first-order valence-electron chi connectivity index (χ1n) is 9.09. The number of hydrogen-bond acceptors (Lipinski definition) is 2. The maximum Gasteiger partial charge on any atom is 0.0720 e. The first-order chi connectivity index (χ1) is 10.9. The Hall–Kier alpha value is -1.28. The van der Waals surface area contributed by atoms with Gasteiger partial charge in [-0.1, -0.05) is 59.2 Å². The zero-order valence-corrected chi connectivity index (χ0v) is 15.3. The molecule has 0 spiro atoms. The minimum absolute atomic E-state index is 0.462. The molecule has 2 N–H and O–H groups in total. The minimum atomic E-state index is 0.462. The average Bonchev–Trinajstić information content (AvgIpc) is 2.98. The summed E-state index contributed by atoms with van der Waals surface area (Å²) in [6.45, 7) is 13.7. The monoisotopic (exact) mass is 315 g/mol. The molecule has 1 aliphatic rings. The van der Waals surface area contributed by atoms with Crippen LogP contribution in [0.4, 0.5) is 0 Å². The highest BCUT2D eigenvalue weighted by Crippen LogP contribution is 2.31. The average molecular weight is 316 g/mol. The van der Waals surface area contributed by atoms with Crippen molar-refractivity contribution in [3.63, 3.8) is 0 Å². The first kappa shape index (κ1) is 18.1. The van der Waals surface area contributed by atoms with Crippen LogP contribution < -0.4 is 5.73 Å². The Balaban J connectivity index is 2.30. The number of ether oxygens (including phenoxy) is 1. The van der Waals surface area contributed by atoms with Crippen molar-refractivity contribution in [2.75, 3.05) is 0 Å². The van der Waals surface area contributed by atoms with Gasteiger partial charge in [0.15, 0.2) is 0 Å². The molecule has 0 radical (unpaired) electrons. The normalized spacial score (nSPS) is 15.7. The summed E-state index contributed by atoms with van der Waals surface area (Å²) >= 11 is 0. The Morgan fingerprint density at radius 2 is 1.65 bits per heavy atom. The molecule has 23 heavy (non-hydrogen) atoms. The molecular weight excluding hydrogens is 282 g/mol. The summed E-state index contributed by atoms with van der Waals surface area (Å²) in [5.74, 6) is 0.960. The zero-order chi connectivity index (χ0) is 17.0. The van der Waals surface area contributed by atoms with Gasteiger partial charge in [-0.25, -0.2) is 0 Å². The van der Waals surface area contributed by atoms with Gasteiger partial charge in [-0.2, -0.15) is 0 Å². The van der Waals surface area contributed by atoms with E-state index in [2.05, 4.69) is 46.4 Å². The quantitative estimate of drug-likeness (QED) is 0.730. The van der Waals surface area contributed by atoms with Crippen molar-refractivity contribution in [2.45, 2.75) is 84.3 Å². The zero-order valence-electron chi connectivity index (χ0n) is 15.3. The van der Waals surface area contributed by atoms with Gasteiger partial charge >= 0.3 is 0 Å². The fraction of sp³-hybridized carbons (Fsp3) is 0.619. The maximum atomic E-state index is 6.14. The second-order valence-corrected chi connectivity index (χ2v) is 7.61. The van der Waals surface area contributed by atoms with Crippen LogP contribution in [-0.4, -0.2) is 6.10 Å². The van der Waals surface area contributed by atoms with Crippen LogP contribution in [0, 0.1) is 0 Å². The Labute approximate surface area is 142 Å². The molecule has 1 saturated carbocycles. The molecule has 0 aliphatic heterocycles. The smallest absolute Gasteiger partial charge is 0.0720 e. The molecule has 1 fully saturated rings. The molecule has 0 heterocycles. The molecule has 1 aromatic carbocycles. The summed E-state index contributed by atoms with van der Waals surface area (Å²) in [4.78, 5) is 0. The predicted octanol–water partition coefficient (Wildman–Crippen LogP) is 5.41. The van der Waals surface area contributed by atoms with Crippen molar-refractivity contribution in [1.29, 1.82) is 0 Å². The van der Waals surface area contributed by atoms with Gasteiger partial charge in [-0.3, -0.25) is 0 Å². The van der Waals surface area contributed by atoms with Crippen LogP contribution in [0.1, 0.15) is 87.5 Å². The van der Waals surface area contributed by atoms with Crippen molar-refractivity contribution in [2.24, 2.45) is 5.73 Å². The Kier molecular flexibility index (Phi) is 6.29. The third-order valence-electron chi connectivity index (χ3n) is 4.81. The lowest BCUT2D eigenvalue weighted by molar-refractivity contribution is 0.0456. The Morgan fingerprint density at radius 1 is 1.13 bits per heavy atom. The van der Waals surface area contributed by atoms with Crippen LogP contribution in [0.2, 0.25) is 0 Å². The molecule has 0 aromatic heterocycles. The summed E-state index contributed by atoms with van der Waals surface area (Å²) in [7, 11) is 0. The molecule has 128 valence electrons. The Bertz CT molecular complexity index is 510. The number of allylic oxidation sites excluding steroid dienone is 1. The van der Waals surface area contributed by atoms with Gasteiger partial charge in [0.05, 0.1) is 12.7 Å². The van der Waals surface area contributed by atoms with E-state index < -0.39 is 0 Å². The third-order valence-corrected chi connectivity index (χ3v) is 4.81. The van der Waals surface area contributed by atoms with Crippen molar-refractivity contribution >= 4 is 0 Å². The number of benzene rings is 1. The third kappa shape index (κ3) is 4.84. The van der Waals surface area contributed by atoms with E-state index in [0.29, 0.717) is 17.9 Å². The van der Waals surface area contributed by atoms with Gasteiger partial charge in [0.1, 0.15) is 0 Å². The van der Waals surface area contributed by atoms with Crippen LogP contribution >= 0.6 is 0 Å². The molecular formula is C21H33NO. The van der Waals surface area contributed by atoms with E-state index in [1.54, 1.807) is 0 Å². The van der Waals surface area contributed by atoms with E-state index in [4.69, 9.17) is 10.5 Å². The standard InChI is InChI=1S/C21H33NO/c1-14(2)19-11-17(13-23-18-8-6-7-9-18)12-20(15(3)4)21(19)10-16(5)22/h11-12,14-15,18H,5-10,13,22H2,1-4H3. The second-order valence-electron chi connectivity index (χ2n) is 7.61. The number of hydrogen-bond donors (Lipinski definition) is 1. The highest BCUT2D eigenvalue weighted by atomic mass is 16.5. The summed E-state index contributed by atoms with van der Waals surface area (Å²) in [6.07, 6.45) is 6.31. The molecule has 1 aliphatic carbocycles. The van der Waals surface area contributed by atoms with Gasteiger partial charge in [-0.15, -0.1) is 0 Å². The molecule has 2 nitrogen and oxygen atoms in total. The SMILES string of the molecule is C=C(N)Cc1c(C(C)C)cc(COC2CCCC2)cc1C(C)C. The van der Waals surface area contributed by atoms with E-state index in [-0.39, 0.29) is 0 Å². The fourth-order valence-electron chi connectivity index (χ4n) is 3.60. The molecule has 1 aromatic rings. The Morgan fingerprint density at radius 3 is 2.09 bits per heavy atom. The van der Waals surface area contributed by atoms with Gasteiger partial charge in [-0.05, 0) is 46.9 Å². The second kappa shape index (κ2) is 8.01. The van der Waals surface area contributed by atoms with E-state index >= 15 is 0 Å². The highest BCUT2D eigenvalue weighted by molar-refractivity contribution is 5.44. The van der Waals surface area contributed by atoms with E-state index in [0.717, 1.165) is 18.7 Å². The van der Waals surface area contributed by atoms with Crippen LogP contribution in [0.5, 0.6) is 0 Å². The molecule has 2 rings (SSSR count). The van der Waals surface area contributed by atoms with Gasteiger partial charge in [0, 0.05) is 12.1 Å². The highest BCUT2D eigenvalue weighted by Gasteiger charge is 2.18. The molecule has 0 bridgehead atoms. The van der Waals surface area contributed by atoms with Crippen molar-refractivity contribution < 1.29 is 4.74 Å². The van der Waals surface area contributed by atoms with Gasteiger partial charge in [0.25, 0.3) is 0 Å². The lowest BCUT2D eigenvalue weighted by Crippen LogP contribution is -2.11. The number of rotatable bonds is 7. The van der Waals surface area contributed by atoms with E-state index in [1.165, 1.54) is 47.9 Å². The topological polar surface area (TPSA) is 35.2 Å². The predicted molar refractivity (Wildman–Crippen MR) is 98.7 cm³/mol. The fourth-order valence-corrected chi connectivity index (χ4v) is 3.60. The van der Waals surface area contributed by atoms with Crippen LogP contribution in [0.3, 0.4) is 0 Å². The van der Waals surface area contributed by atoms with Crippen molar-refractivity contribution in [3.05, 3.63) is 46.7 Å². The lowest BCUT2D eigenvalue weighted by Gasteiger charge is -2.22. The number of nitrogens with two attached hydrogens (primary N) is 1. The van der Waals surface area contributed by atoms with Crippen LogP contribution in [-0.2, 0) is 17.8 Å². The van der Waals surface area contributed by atoms with Gasteiger partial charge < -0.3 is 10.5 Å². The molecule has 0 amide bonds. The molecule has 0 unspecified atom stereocenters. The maximum absolute atomic E-state index is 6.14. The van der Waals surface area contributed by atoms with E-state index in [1.807, 2.05) is 0 Å². The van der Waals surface area contributed by atoms with E-state index in [9.17, 15) is 0 Å². The summed E-state index contributed by atoms with van der Waals surface area (Å²) in [5.41, 5.74) is 12.1.